The molecule has 1 aromatic carbocycles. The second kappa shape index (κ2) is 7.92. The highest BCUT2D eigenvalue weighted by Crippen LogP contribution is 2.22. The maximum atomic E-state index is 12.8. The molecule has 0 bridgehead atoms. The van der Waals surface area contributed by atoms with Crippen LogP contribution < -0.4 is 5.73 Å². The molecule has 0 heterocycles. The van der Waals surface area contributed by atoms with E-state index in [-0.39, 0.29) is 12.1 Å². The van der Waals surface area contributed by atoms with E-state index < -0.39 is 10.0 Å². The Labute approximate surface area is 129 Å². The molecule has 1 unspecified atom stereocenters. The minimum Gasteiger partial charge on any atom is -0.324 e. The Morgan fingerprint density at radius 2 is 1.86 bits per heavy atom. The lowest BCUT2D eigenvalue weighted by Gasteiger charge is -2.26. The molecule has 2 N–H and O–H groups in total. The summed E-state index contributed by atoms with van der Waals surface area (Å²) in [5, 5.41) is 0. The van der Waals surface area contributed by atoms with E-state index in [1.165, 1.54) is 0 Å². The van der Waals surface area contributed by atoms with Gasteiger partial charge in [0.2, 0.25) is 10.0 Å². The fourth-order valence-electron chi connectivity index (χ4n) is 2.27. The van der Waals surface area contributed by atoms with Crippen LogP contribution in [0.1, 0.15) is 58.6 Å². The van der Waals surface area contributed by atoms with Crippen LogP contribution in [0, 0.1) is 0 Å². The molecule has 21 heavy (non-hydrogen) atoms. The van der Waals surface area contributed by atoms with E-state index in [4.69, 9.17) is 5.73 Å². The van der Waals surface area contributed by atoms with Gasteiger partial charge in [0.1, 0.15) is 0 Å². The van der Waals surface area contributed by atoms with E-state index in [9.17, 15) is 8.42 Å². The number of nitrogens with zero attached hydrogens (tertiary/aromatic N) is 1. The topological polar surface area (TPSA) is 63.4 Å². The van der Waals surface area contributed by atoms with Crippen LogP contribution in [0.2, 0.25) is 0 Å². The summed E-state index contributed by atoms with van der Waals surface area (Å²) in [4.78, 5) is 0.336. The van der Waals surface area contributed by atoms with Crippen LogP contribution in [0.4, 0.5) is 0 Å². The van der Waals surface area contributed by atoms with E-state index in [2.05, 4.69) is 6.92 Å². The second-order valence-electron chi connectivity index (χ2n) is 5.78. The fourth-order valence-corrected chi connectivity index (χ4v) is 4.00. The van der Waals surface area contributed by atoms with Gasteiger partial charge < -0.3 is 5.73 Å². The molecule has 0 spiro atoms. The van der Waals surface area contributed by atoms with Crippen LogP contribution in [-0.2, 0) is 10.0 Å². The van der Waals surface area contributed by atoms with Crippen molar-refractivity contribution in [2.24, 2.45) is 5.73 Å². The first kappa shape index (κ1) is 18.1. The molecular weight excluding hydrogens is 284 g/mol. The Morgan fingerprint density at radius 1 is 1.19 bits per heavy atom. The summed E-state index contributed by atoms with van der Waals surface area (Å²) in [5.74, 6) is 0. The van der Waals surface area contributed by atoms with Crippen molar-refractivity contribution in [3.63, 3.8) is 0 Å². The van der Waals surface area contributed by atoms with Crippen LogP contribution in [0.5, 0.6) is 0 Å². The highest BCUT2D eigenvalue weighted by molar-refractivity contribution is 7.89. The summed E-state index contributed by atoms with van der Waals surface area (Å²) in [6.45, 7) is 8.36. The summed E-state index contributed by atoms with van der Waals surface area (Å²) < 4.78 is 27.2. The van der Waals surface area contributed by atoms with E-state index >= 15 is 0 Å². The number of rotatable bonds is 8. The predicted octanol–water partition coefficient (Wildman–Crippen LogP) is 3.30. The zero-order valence-electron chi connectivity index (χ0n) is 13.5. The molecule has 0 amide bonds. The third-order valence-electron chi connectivity index (χ3n) is 3.55. The van der Waals surface area contributed by atoms with Crippen molar-refractivity contribution in [2.75, 3.05) is 6.54 Å². The summed E-state index contributed by atoms with van der Waals surface area (Å²) in [6, 6.07) is 6.74. The number of benzene rings is 1. The number of hydrogen-bond acceptors (Lipinski definition) is 3. The standard InChI is InChI=1S/C16H28N2O2S/c1-5-6-7-11-18(13(2)3)21(19,20)16-10-8-9-15(12-16)14(4)17/h8-10,12-14H,5-7,11,17H2,1-4H3. The Kier molecular flexibility index (Phi) is 6.84. The van der Waals surface area contributed by atoms with Gasteiger partial charge >= 0.3 is 0 Å². The number of nitrogens with two attached hydrogens (primary N) is 1. The number of sulfonamides is 1. The first-order chi connectivity index (χ1) is 9.80. The highest BCUT2D eigenvalue weighted by atomic mass is 32.2. The maximum absolute atomic E-state index is 12.8. The van der Waals surface area contributed by atoms with Gasteiger partial charge in [-0.1, -0.05) is 31.9 Å². The minimum atomic E-state index is -3.46. The Bertz CT molecular complexity index is 539. The monoisotopic (exact) mass is 312 g/mol. The minimum absolute atomic E-state index is 0.0502. The van der Waals surface area contributed by atoms with Gasteiger partial charge in [0.15, 0.2) is 0 Å². The third kappa shape index (κ3) is 4.80. The van der Waals surface area contributed by atoms with Gasteiger partial charge in [-0.05, 0) is 44.9 Å². The molecule has 0 aromatic heterocycles. The molecule has 5 heteroatoms. The van der Waals surface area contributed by atoms with E-state index in [1.807, 2.05) is 26.8 Å². The molecule has 1 rings (SSSR count). The molecule has 0 fully saturated rings. The van der Waals surface area contributed by atoms with Crippen LogP contribution in [0.25, 0.3) is 0 Å². The van der Waals surface area contributed by atoms with Crippen molar-refractivity contribution in [2.45, 2.75) is 63.9 Å². The fraction of sp³-hybridized carbons (Fsp3) is 0.625. The SMILES string of the molecule is CCCCCN(C(C)C)S(=O)(=O)c1cccc(C(C)N)c1. The second-order valence-corrected chi connectivity index (χ2v) is 7.67. The smallest absolute Gasteiger partial charge is 0.243 e. The molecule has 1 atom stereocenters. The first-order valence-corrected chi connectivity index (χ1v) is 9.12. The van der Waals surface area contributed by atoms with Gasteiger partial charge in [-0.15, -0.1) is 0 Å². The Morgan fingerprint density at radius 3 is 2.38 bits per heavy atom. The van der Waals surface area contributed by atoms with Crippen molar-refractivity contribution >= 4 is 10.0 Å². The lowest BCUT2D eigenvalue weighted by Crippen LogP contribution is -2.37. The van der Waals surface area contributed by atoms with Crippen LogP contribution >= 0.6 is 0 Å². The van der Waals surface area contributed by atoms with Gasteiger partial charge in [0.05, 0.1) is 4.90 Å². The van der Waals surface area contributed by atoms with E-state index in [0.717, 1.165) is 24.8 Å². The number of unbranched alkanes of at least 4 members (excludes halogenated alkanes) is 2. The molecule has 120 valence electrons. The molecule has 1 aromatic rings. The average molecular weight is 312 g/mol. The van der Waals surface area contributed by atoms with Crippen molar-refractivity contribution in [3.8, 4) is 0 Å². The predicted molar refractivity (Wildman–Crippen MR) is 87.6 cm³/mol. The Balaban J connectivity index is 3.08. The van der Waals surface area contributed by atoms with Gasteiger partial charge in [-0.25, -0.2) is 8.42 Å². The normalized spacial score (nSPS) is 13.9. The third-order valence-corrected chi connectivity index (χ3v) is 5.62. The van der Waals surface area contributed by atoms with Gasteiger partial charge in [0.25, 0.3) is 0 Å². The van der Waals surface area contributed by atoms with Crippen molar-refractivity contribution in [1.29, 1.82) is 0 Å². The van der Waals surface area contributed by atoms with Crippen molar-refractivity contribution < 1.29 is 8.42 Å². The molecule has 0 aliphatic rings. The van der Waals surface area contributed by atoms with E-state index in [0.29, 0.717) is 11.4 Å². The molecule has 0 saturated heterocycles. The molecule has 0 radical (unpaired) electrons. The first-order valence-electron chi connectivity index (χ1n) is 7.68. The average Bonchev–Trinajstić information content (AvgIpc) is 2.43. The molecule has 4 nitrogen and oxygen atoms in total. The summed E-state index contributed by atoms with van der Waals surface area (Å²) in [5.41, 5.74) is 6.69. The largest absolute Gasteiger partial charge is 0.324 e. The molecule has 0 saturated carbocycles. The zero-order chi connectivity index (χ0) is 16.0. The zero-order valence-corrected chi connectivity index (χ0v) is 14.4. The lowest BCUT2D eigenvalue weighted by molar-refractivity contribution is 0.345. The molecular formula is C16H28N2O2S. The quantitative estimate of drug-likeness (QED) is 0.749. The van der Waals surface area contributed by atoms with Crippen LogP contribution in [0.3, 0.4) is 0 Å². The summed E-state index contributed by atoms with van der Waals surface area (Å²) in [6.07, 6.45) is 3.01. The van der Waals surface area contributed by atoms with Gasteiger partial charge in [-0.3, -0.25) is 0 Å². The van der Waals surface area contributed by atoms with Crippen LogP contribution in [-0.4, -0.2) is 25.3 Å². The molecule has 0 aliphatic heterocycles. The highest BCUT2D eigenvalue weighted by Gasteiger charge is 2.26. The van der Waals surface area contributed by atoms with Gasteiger partial charge in [0, 0.05) is 18.6 Å². The van der Waals surface area contributed by atoms with Crippen LogP contribution in [0.15, 0.2) is 29.2 Å². The Hall–Kier alpha value is -0.910. The number of hydrogen-bond donors (Lipinski definition) is 1. The molecule has 0 aliphatic carbocycles. The summed E-state index contributed by atoms with van der Waals surface area (Å²) in [7, 11) is -3.46. The van der Waals surface area contributed by atoms with Crippen molar-refractivity contribution in [3.05, 3.63) is 29.8 Å². The van der Waals surface area contributed by atoms with Gasteiger partial charge in [-0.2, -0.15) is 4.31 Å². The van der Waals surface area contributed by atoms with E-state index in [1.54, 1.807) is 22.5 Å². The maximum Gasteiger partial charge on any atom is 0.243 e. The lowest BCUT2D eigenvalue weighted by atomic mass is 10.1. The van der Waals surface area contributed by atoms with Crippen molar-refractivity contribution in [1.82, 2.24) is 4.31 Å². The summed E-state index contributed by atoms with van der Waals surface area (Å²) >= 11 is 0.